The van der Waals surface area contributed by atoms with Crippen LogP contribution in [0.2, 0.25) is 0 Å². The highest BCUT2D eigenvalue weighted by molar-refractivity contribution is 5.76. The van der Waals surface area contributed by atoms with Gasteiger partial charge in [0.2, 0.25) is 5.91 Å². The first-order valence-electron chi connectivity index (χ1n) is 10.4. The molecule has 1 saturated heterocycles. The minimum atomic E-state index is 0.168. The van der Waals surface area contributed by atoms with E-state index in [1.165, 1.54) is 11.1 Å². The molecule has 6 heteroatoms. The maximum atomic E-state index is 12.5. The molecular formula is C22H30N4O2. The van der Waals surface area contributed by atoms with Gasteiger partial charge in [-0.3, -0.25) is 9.69 Å². The third-order valence-corrected chi connectivity index (χ3v) is 5.88. The van der Waals surface area contributed by atoms with Crippen LogP contribution in [-0.2, 0) is 17.8 Å². The van der Waals surface area contributed by atoms with Crippen molar-refractivity contribution in [1.82, 2.24) is 20.3 Å². The van der Waals surface area contributed by atoms with Crippen LogP contribution in [0, 0.1) is 6.92 Å². The van der Waals surface area contributed by atoms with E-state index in [9.17, 15) is 4.79 Å². The average molecular weight is 383 g/mol. The standard InChI is InChI=1S/C22H30N4O2/c1-17-15-19(28-24-17)16-26-13-11-25(12-14-26)10-9-22(27)23-21-8-4-6-18-5-2-3-7-20(18)21/h2-3,5,7,15,21H,4,6,8-14,16H2,1H3,(H,23,27). The molecule has 1 aromatic carbocycles. The van der Waals surface area contributed by atoms with Crippen LogP contribution < -0.4 is 5.32 Å². The number of nitrogens with zero attached hydrogens (tertiary/aromatic N) is 3. The van der Waals surface area contributed by atoms with E-state index in [2.05, 4.69) is 44.5 Å². The van der Waals surface area contributed by atoms with Crippen molar-refractivity contribution < 1.29 is 9.32 Å². The van der Waals surface area contributed by atoms with E-state index < -0.39 is 0 Å². The zero-order valence-electron chi connectivity index (χ0n) is 16.7. The zero-order chi connectivity index (χ0) is 19.3. The first kappa shape index (κ1) is 19.2. The third kappa shape index (κ3) is 4.80. The molecule has 2 heterocycles. The van der Waals surface area contributed by atoms with E-state index >= 15 is 0 Å². The van der Waals surface area contributed by atoms with Crippen LogP contribution in [0.3, 0.4) is 0 Å². The SMILES string of the molecule is Cc1cc(CN2CCN(CCC(=O)NC3CCCc4ccccc43)CC2)on1. The lowest BCUT2D eigenvalue weighted by atomic mass is 9.87. The fourth-order valence-corrected chi connectivity index (χ4v) is 4.31. The van der Waals surface area contributed by atoms with E-state index in [-0.39, 0.29) is 11.9 Å². The number of rotatable bonds is 6. The Morgan fingerprint density at radius 1 is 1.21 bits per heavy atom. The van der Waals surface area contributed by atoms with E-state index in [0.717, 1.165) is 70.0 Å². The Morgan fingerprint density at radius 3 is 2.79 bits per heavy atom. The summed E-state index contributed by atoms with van der Waals surface area (Å²) in [6, 6.07) is 10.7. The number of hydrogen-bond donors (Lipinski definition) is 1. The van der Waals surface area contributed by atoms with Crippen LogP contribution in [0.5, 0.6) is 0 Å². The van der Waals surface area contributed by atoms with Crippen molar-refractivity contribution in [2.45, 2.75) is 45.2 Å². The summed E-state index contributed by atoms with van der Waals surface area (Å²) >= 11 is 0. The van der Waals surface area contributed by atoms with Crippen molar-refractivity contribution in [3.8, 4) is 0 Å². The van der Waals surface area contributed by atoms with Gasteiger partial charge in [0.05, 0.1) is 18.3 Å². The zero-order valence-corrected chi connectivity index (χ0v) is 16.7. The molecule has 6 nitrogen and oxygen atoms in total. The van der Waals surface area contributed by atoms with Gasteiger partial charge in [-0.15, -0.1) is 0 Å². The van der Waals surface area contributed by atoms with Crippen molar-refractivity contribution in [3.63, 3.8) is 0 Å². The quantitative estimate of drug-likeness (QED) is 0.832. The number of fused-ring (bicyclic) bond motifs is 1. The summed E-state index contributed by atoms with van der Waals surface area (Å²) < 4.78 is 5.31. The Balaban J connectivity index is 1.19. The van der Waals surface area contributed by atoms with Gasteiger partial charge in [0.25, 0.3) is 0 Å². The second-order valence-electron chi connectivity index (χ2n) is 8.01. The van der Waals surface area contributed by atoms with Gasteiger partial charge >= 0.3 is 0 Å². The van der Waals surface area contributed by atoms with Gasteiger partial charge in [-0.1, -0.05) is 29.4 Å². The van der Waals surface area contributed by atoms with E-state index in [0.29, 0.717) is 6.42 Å². The van der Waals surface area contributed by atoms with Gasteiger partial charge in [0.15, 0.2) is 5.76 Å². The summed E-state index contributed by atoms with van der Waals surface area (Å²) in [5.74, 6) is 1.10. The number of aromatic nitrogens is 1. The predicted octanol–water partition coefficient (Wildman–Crippen LogP) is 2.68. The molecule has 1 unspecified atom stereocenters. The Hall–Kier alpha value is -2.18. The number of amides is 1. The Morgan fingerprint density at radius 2 is 2.00 bits per heavy atom. The predicted molar refractivity (Wildman–Crippen MR) is 108 cm³/mol. The fourth-order valence-electron chi connectivity index (χ4n) is 4.31. The van der Waals surface area contributed by atoms with Gasteiger partial charge in [-0.2, -0.15) is 0 Å². The maximum absolute atomic E-state index is 12.5. The minimum absolute atomic E-state index is 0.168. The van der Waals surface area contributed by atoms with Crippen LogP contribution in [0.1, 0.15) is 47.9 Å². The number of carbonyl (C=O) groups excluding carboxylic acids is 1. The molecular weight excluding hydrogens is 352 g/mol. The fraction of sp³-hybridized carbons (Fsp3) is 0.545. The molecule has 150 valence electrons. The summed E-state index contributed by atoms with van der Waals surface area (Å²) in [4.78, 5) is 17.3. The van der Waals surface area contributed by atoms with Crippen molar-refractivity contribution in [2.75, 3.05) is 32.7 Å². The van der Waals surface area contributed by atoms with Crippen LogP contribution in [0.15, 0.2) is 34.9 Å². The lowest BCUT2D eigenvalue weighted by molar-refractivity contribution is -0.122. The molecule has 1 atom stereocenters. The summed E-state index contributed by atoms with van der Waals surface area (Å²) in [5.41, 5.74) is 3.62. The van der Waals surface area contributed by atoms with E-state index in [1.807, 2.05) is 13.0 Å². The normalized spacial score (nSPS) is 20.7. The maximum Gasteiger partial charge on any atom is 0.221 e. The summed E-state index contributed by atoms with van der Waals surface area (Å²) in [6.45, 7) is 7.57. The highest BCUT2D eigenvalue weighted by Crippen LogP contribution is 2.29. The monoisotopic (exact) mass is 382 g/mol. The molecule has 1 aromatic heterocycles. The van der Waals surface area contributed by atoms with Gasteiger partial charge in [0.1, 0.15) is 0 Å². The number of benzene rings is 1. The molecule has 1 N–H and O–H groups in total. The number of aryl methyl sites for hydroxylation is 2. The Labute approximate surface area is 166 Å². The summed E-state index contributed by atoms with van der Waals surface area (Å²) in [7, 11) is 0. The number of hydrogen-bond acceptors (Lipinski definition) is 5. The van der Waals surface area contributed by atoms with Crippen molar-refractivity contribution >= 4 is 5.91 Å². The van der Waals surface area contributed by atoms with Crippen molar-refractivity contribution in [2.24, 2.45) is 0 Å². The average Bonchev–Trinajstić information content (AvgIpc) is 3.12. The van der Waals surface area contributed by atoms with Gasteiger partial charge in [-0.25, -0.2) is 0 Å². The second kappa shape index (κ2) is 8.88. The van der Waals surface area contributed by atoms with Crippen LogP contribution in [-0.4, -0.2) is 53.6 Å². The smallest absolute Gasteiger partial charge is 0.221 e. The number of piperazine rings is 1. The topological polar surface area (TPSA) is 61.6 Å². The molecule has 28 heavy (non-hydrogen) atoms. The molecule has 1 aliphatic heterocycles. The number of carbonyl (C=O) groups is 1. The molecule has 1 aliphatic carbocycles. The molecule has 4 rings (SSSR count). The first-order chi connectivity index (χ1) is 13.7. The minimum Gasteiger partial charge on any atom is -0.360 e. The molecule has 2 aromatic rings. The summed E-state index contributed by atoms with van der Waals surface area (Å²) in [5, 5.41) is 7.21. The summed E-state index contributed by atoms with van der Waals surface area (Å²) in [6.07, 6.45) is 3.89. The van der Waals surface area contributed by atoms with Gasteiger partial charge in [-0.05, 0) is 37.3 Å². The number of nitrogens with one attached hydrogen (secondary N) is 1. The molecule has 0 spiro atoms. The molecule has 0 saturated carbocycles. The Bertz CT molecular complexity index is 795. The molecule has 2 aliphatic rings. The first-order valence-corrected chi connectivity index (χ1v) is 10.4. The molecule has 0 bridgehead atoms. The van der Waals surface area contributed by atoms with Crippen molar-refractivity contribution in [1.29, 1.82) is 0 Å². The Kier molecular flexibility index (Phi) is 6.07. The highest BCUT2D eigenvalue weighted by Gasteiger charge is 2.22. The molecule has 0 radical (unpaired) electrons. The van der Waals surface area contributed by atoms with Crippen LogP contribution >= 0.6 is 0 Å². The second-order valence-corrected chi connectivity index (χ2v) is 8.01. The molecule has 1 amide bonds. The highest BCUT2D eigenvalue weighted by atomic mass is 16.5. The van der Waals surface area contributed by atoms with Crippen LogP contribution in [0.25, 0.3) is 0 Å². The largest absolute Gasteiger partial charge is 0.360 e. The van der Waals surface area contributed by atoms with E-state index in [1.54, 1.807) is 0 Å². The van der Waals surface area contributed by atoms with Crippen LogP contribution in [0.4, 0.5) is 0 Å². The van der Waals surface area contributed by atoms with Crippen molar-refractivity contribution in [3.05, 3.63) is 52.9 Å². The van der Waals surface area contributed by atoms with E-state index in [4.69, 9.17) is 4.52 Å². The van der Waals surface area contributed by atoms with Gasteiger partial charge < -0.3 is 14.7 Å². The van der Waals surface area contributed by atoms with Gasteiger partial charge in [0, 0.05) is 45.2 Å². The molecule has 1 fully saturated rings. The lowest BCUT2D eigenvalue weighted by Gasteiger charge is -2.34. The lowest BCUT2D eigenvalue weighted by Crippen LogP contribution is -2.46. The third-order valence-electron chi connectivity index (χ3n) is 5.88.